The van der Waals surface area contributed by atoms with Crippen LogP contribution in [0.5, 0.6) is 0 Å². The summed E-state index contributed by atoms with van der Waals surface area (Å²) < 4.78 is 21.3. The molecule has 11 heavy (non-hydrogen) atoms. The third-order valence-electron chi connectivity index (χ3n) is 1.82. The zero-order chi connectivity index (χ0) is 8.54. The van der Waals surface area contributed by atoms with Crippen LogP contribution in [0.25, 0.3) is 0 Å². The Morgan fingerprint density at radius 2 is 1.82 bits per heavy atom. The highest BCUT2D eigenvalue weighted by Crippen LogP contribution is 2.31. The summed E-state index contributed by atoms with van der Waals surface area (Å²) in [5, 5.41) is 8.63. The van der Waals surface area contributed by atoms with Gasteiger partial charge in [0.2, 0.25) is 0 Å². The van der Waals surface area contributed by atoms with E-state index >= 15 is 0 Å². The Balaban J connectivity index is 2.71. The van der Waals surface area contributed by atoms with Gasteiger partial charge in [0.15, 0.2) is 0 Å². The van der Waals surface area contributed by atoms with Gasteiger partial charge in [-0.2, -0.15) is 5.26 Å². The molecule has 0 aliphatic carbocycles. The van der Waals surface area contributed by atoms with Gasteiger partial charge in [-0.3, -0.25) is 0 Å². The summed E-state index contributed by atoms with van der Waals surface area (Å²) in [5.74, 6) is 0.262. The summed E-state index contributed by atoms with van der Waals surface area (Å²) in [4.78, 5) is 0. The third kappa shape index (κ3) is 2.17. The molecule has 0 atom stereocenters. The maximum Gasteiger partial charge on any atom is 0.150 e. The summed E-state index contributed by atoms with van der Waals surface area (Å²) in [6, 6.07) is 2.07. The maximum absolute atomic E-state index is 10.9. The SMILES string of the molecule is N#CC1(Br)CCS(=O)(=O)CC1. The second kappa shape index (κ2) is 2.76. The van der Waals surface area contributed by atoms with E-state index < -0.39 is 14.2 Å². The first-order chi connectivity index (χ1) is 4.97. The highest BCUT2D eigenvalue weighted by molar-refractivity contribution is 9.10. The molecule has 1 aliphatic heterocycles. The van der Waals surface area contributed by atoms with Crippen molar-refractivity contribution >= 4 is 25.8 Å². The summed E-state index contributed by atoms with van der Waals surface area (Å²) in [6.07, 6.45) is 0.817. The van der Waals surface area contributed by atoms with Crippen LogP contribution in [0, 0.1) is 11.3 Å². The molecule has 0 amide bonds. The van der Waals surface area contributed by atoms with E-state index in [1.54, 1.807) is 0 Å². The van der Waals surface area contributed by atoms with Gasteiger partial charge in [-0.25, -0.2) is 8.42 Å². The first-order valence-corrected chi connectivity index (χ1v) is 5.89. The van der Waals surface area contributed by atoms with E-state index in [4.69, 9.17) is 5.26 Å². The monoisotopic (exact) mass is 237 g/mol. The Kier molecular flexibility index (Phi) is 2.26. The lowest BCUT2D eigenvalue weighted by atomic mass is 10.1. The highest BCUT2D eigenvalue weighted by atomic mass is 79.9. The van der Waals surface area contributed by atoms with Gasteiger partial charge in [0.1, 0.15) is 14.2 Å². The lowest BCUT2D eigenvalue weighted by Crippen LogP contribution is -2.32. The van der Waals surface area contributed by atoms with Crippen LogP contribution >= 0.6 is 15.9 Å². The molecule has 1 fully saturated rings. The number of halogens is 1. The van der Waals surface area contributed by atoms with E-state index in [0.717, 1.165) is 0 Å². The molecule has 1 saturated heterocycles. The zero-order valence-corrected chi connectivity index (χ0v) is 8.28. The van der Waals surface area contributed by atoms with Crippen LogP contribution in [0.1, 0.15) is 12.8 Å². The Bertz CT molecular complexity index is 276. The molecule has 0 saturated carbocycles. The molecule has 0 aromatic heterocycles. The van der Waals surface area contributed by atoms with Crippen LogP contribution in [-0.2, 0) is 9.84 Å². The Labute approximate surface area is 74.4 Å². The highest BCUT2D eigenvalue weighted by Gasteiger charge is 2.34. The first-order valence-electron chi connectivity index (χ1n) is 3.28. The molecule has 0 aromatic carbocycles. The van der Waals surface area contributed by atoms with E-state index in [2.05, 4.69) is 22.0 Å². The minimum absolute atomic E-state index is 0.131. The zero-order valence-electron chi connectivity index (χ0n) is 5.88. The average molecular weight is 238 g/mol. The summed E-state index contributed by atoms with van der Waals surface area (Å²) >= 11 is 3.22. The number of alkyl halides is 1. The molecular formula is C6H8BrNO2S. The minimum atomic E-state index is -2.84. The van der Waals surface area contributed by atoms with Gasteiger partial charge < -0.3 is 0 Å². The normalized spacial score (nSPS) is 27.3. The van der Waals surface area contributed by atoms with E-state index in [-0.39, 0.29) is 11.5 Å². The van der Waals surface area contributed by atoms with E-state index in [9.17, 15) is 8.42 Å². The molecule has 0 N–H and O–H groups in total. The van der Waals surface area contributed by atoms with Crippen molar-refractivity contribution in [2.45, 2.75) is 17.2 Å². The summed E-state index contributed by atoms with van der Waals surface area (Å²) in [5.41, 5.74) is 0. The van der Waals surface area contributed by atoms with Gasteiger partial charge in [0.05, 0.1) is 17.6 Å². The van der Waals surface area contributed by atoms with E-state index in [1.807, 2.05) is 0 Å². The lowest BCUT2D eigenvalue weighted by Gasteiger charge is -2.23. The molecular weight excluding hydrogens is 230 g/mol. The molecule has 5 heteroatoms. The molecule has 3 nitrogen and oxygen atoms in total. The van der Waals surface area contributed by atoms with Crippen molar-refractivity contribution in [3.8, 4) is 6.07 Å². The smallest absolute Gasteiger partial charge is 0.150 e. The van der Waals surface area contributed by atoms with Crippen molar-refractivity contribution in [1.82, 2.24) is 0 Å². The van der Waals surface area contributed by atoms with Crippen LogP contribution in [0.4, 0.5) is 0 Å². The molecule has 1 rings (SSSR count). The number of sulfone groups is 1. The van der Waals surface area contributed by atoms with E-state index in [0.29, 0.717) is 12.8 Å². The fourth-order valence-corrected chi connectivity index (χ4v) is 3.42. The Morgan fingerprint density at radius 3 is 2.18 bits per heavy atom. The molecule has 1 heterocycles. The third-order valence-corrected chi connectivity index (χ3v) is 4.44. The first kappa shape index (κ1) is 9.01. The molecule has 0 aromatic rings. The van der Waals surface area contributed by atoms with E-state index in [1.165, 1.54) is 0 Å². The minimum Gasteiger partial charge on any atom is -0.229 e. The molecule has 0 bridgehead atoms. The van der Waals surface area contributed by atoms with Gasteiger partial charge in [-0.05, 0) is 12.8 Å². The fourth-order valence-electron chi connectivity index (χ4n) is 0.973. The van der Waals surface area contributed by atoms with Crippen LogP contribution in [0.2, 0.25) is 0 Å². The Morgan fingerprint density at radius 1 is 1.36 bits per heavy atom. The van der Waals surface area contributed by atoms with Crippen LogP contribution < -0.4 is 0 Å². The van der Waals surface area contributed by atoms with Gasteiger partial charge in [-0.15, -0.1) is 0 Å². The quantitative estimate of drug-likeness (QED) is 0.588. The Hall–Kier alpha value is -0.0800. The fraction of sp³-hybridized carbons (Fsp3) is 0.833. The molecule has 1 aliphatic rings. The van der Waals surface area contributed by atoms with Crippen LogP contribution in [-0.4, -0.2) is 24.2 Å². The molecule has 0 spiro atoms. The molecule has 62 valence electrons. The predicted octanol–water partition coefficient (Wildman–Crippen LogP) is 0.852. The van der Waals surface area contributed by atoms with Gasteiger partial charge in [0, 0.05) is 0 Å². The van der Waals surface area contributed by atoms with Crippen molar-refractivity contribution in [2.24, 2.45) is 0 Å². The number of nitrogens with zero attached hydrogens (tertiary/aromatic N) is 1. The van der Waals surface area contributed by atoms with Gasteiger partial charge in [-0.1, -0.05) is 15.9 Å². The standard InChI is InChI=1S/C6H8BrNO2S/c7-6(5-8)1-3-11(9,10)4-2-6/h1-4H2. The van der Waals surface area contributed by atoms with Crippen LogP contribution in [0.15, 0.2) is 0 Å². The van der Waals surface area contributed by atoms with Crippen molar-refractivity contribution in [3.05, 3.63) is 0 Å². The summed E-state index contributed by atoms with van der Waals surface area (Å²) in [6.45, 7) is 0. The lowest BCUT2D eigenvalue weighted by molar-refractivity contribution is 0.562. The largest absolute Gasteiger partial charge is 0.229 e. The molecule has 0 radical (unpaired) electrons. The topological polar surface area (TPSA) is 57.9 Å². The average Bonchev–Trinajstić information content (AvgIpc) is 1.97. The van der Waals surface area contributed by atoms with Crippen molar-refractivity contribution in [3.63, 3.8) is 0 Å². The van der Waals surface area contributed by atoms with Crippen molar-refractivity contribution in [2.75, 3.05) is 11.5 Å². The van der Waals surface area contributed by atoms with Gasteiger partial charge in [0.25, 0.3) is 0 Å². The number of hydrogen-bond acceptors (Lipinski definition) is 3. The number of nitriles is 1. The number of hydrogen-bond donors (Lipinski definition) is 0. The number of rotatable bonds is 0. The van der Waals surface area contributed by atoms with Crippen LogP contribution in [0.3, 0.4) is 0 Å². The summed E-state index contributed by atoms with van der Waals surface area (Å²) in [7, 11) is -2.84. The second-order valence-electron chi connectivity index (χ2n) is 2.73. The maximum atomic E-state index is 10.9. The van der Waals surface area contributed by atoms with Crippen molar-refractivity contribution < 1.29 is 8.42 Å². The van der Waals surface area contributed by atoms with Crippen molar-refractivity contribution in [1.29, 1.82) is 5.26 Å². The second-order valence-corrected chi connectivity index (χ2v) is 6.55. The van der Waals surface area contributed by atoms with Gasteiger partial charge >= 0.3 is 0 Å². The molecule has 0 unspecified atom stereocenters. The predicted molar refractivity (Wildman–Crippen MR) is 45.2 cm³/mol.